The van der Waals surface area contributed by atoms with Crippen molar-refractivity contribution >= 4 is 0 Å². The van der Waals surface area contributed by atoms with Crippen molar-refractivity contribution in [2.45, 2.75) is 84.7 Å². The zero-order chi connectivity index (χ0) is 36.2. The molecule has 258 valence electrons. The van der Waals surface area contributed by atoms with Crippen LogP contribution in [0.3, 0.4) is 0 Å². The summed E-state index contributed by atoms with van der Waals surface area (Å²) in [7, 11) is 0. The number of pyridine rings is 2. The molecular formula is C41H43F3N6. The van der Waals surface area contributed by atoms with E-state index < -0.39 is 17.2 Å². The second-order valence-electron chi connectivity index (χ2n) is 15.5. The van der Waals surface area contributed by atoms with Crippen molar-refractivity contribution in [3.05, 3.63) is 131 Å². The summed E-state index contributed by atoms with van der Waals surface area (Å²) in [6.07, 6.45) is -0.621. The maximum Gasteiger partial charge on any atom is 0.416 e. The molecule has 0 atom stereocenters. The van der Waals surface area contributed by atoms with Crippen LogP contribution in [0.1, 0.15) is 89.3 Å². The fourth-order valence-electron chi connectivity index (χ4n) is 5.78. The van der Waals surface area contributed by atoms with Crippen LogP contribution in [0.15, 0.2) is 97.3 Å². The largest absolute Gasteiger partial charge is 0.416 e. The Morgan fingerprint density at radius 3 is 1.24 bits per heavy atom. The molecule has 0 saturated carbocycles. The molecule has 9 heteroatoms. The van der Waals surface area contributed by atoms with Crippen molar-refractivity contribution in [3.8, 4) is 33.9 Å². The molecule has 0 fully saturated rings. The van der Waals surface area contributed by atoms with Gasteiger partial charge in [0.2, 0.25) is 0 Å². The summed E-state index contributed by atoms with van der Waals surface area (Å²) in [6.45, 7) is 18.9. The highest BCUT2D eigenvalue weighted by molar-refractivity contribution is 5.73. The number of hydrogen-bond acceptors (Lipinski definition) is 4. The molecule has 0 aliphatic rings. The van der Waals surface area contributed by atoms with Gasteiger partial charge in [-0.2, -0.15) is 23.4 Å². The standard InChI is InChI=1S/C41H43F3N6/c1-26-10-12-27(13-11-26)30-18-20-34(45-36(30)49-24-22-32(47-49)38(2,3)4)40(8,9)35-21-19-31(28-14-16-29(17-15-28)41(42,43)44)37(46-35)50-25-23-33(48-50)39(5,6)7/h10-25H,1-9H3. The molecule has 2 aromatic carbocycles. The summed E-state index contributed by atoms with van der Waals surface area (Å²) in [5, 5.41) is 9.81. The first-order valence-corrected chi connectivity index (χ1v) is 16.7. The third-order valence-electron chi connectivity index (χ3n) is 9.07. The smallest absolute Gasteiger partial charge is 0.232 e. The molecule has 6 rings (SSSR count). The predicted molar refractivity (Wildman–Crippen MR) is 193 cm³/mol. The molecule has 0 aliphatic carbocycles. The minimum Gasteiger partial charge on any atom is -0.232 e. The molecule has 6 aromatic rings. The highest BCUT2D eigenvalue weighted by atomic mass is 19.4. The second-order valence-corrected chi connectivity index (χ2v) is 15.5. The van der Waals surface area contributed by atoms with Crippen LogP contribution < -0.4 is 0 Å². The molecule has 0 N–H and O–H groups in total. The summed E-state index contributed by atoms with van der Waals surface area (Å²) in [4.78, 5) is 10.4. The van der Waals surface area contributed by atoms with Gasteiger partial charge < -0.3 is 0 Å². The van der Waals surface area contributed by atoms with E-state index >= 15 is 0 Å². The van der Waals surface area contributed by atoms with Crippen molar-refractivity contribution < 1.29 is 13.2 Å². The Balaban J connectivity index is 1.50. The van der Waals surface area contributed by atoms with E-state index in [-0.39, 0.29) is 10.8 Å². The van der Waals surface area contributed by atoms with E-state index in [0.29, 0.717) is 22.8 Å². The number of alkyl halides is 3. The Kier molecular flexibility index (Phi) is 8.61. The first kappa shape index (κ1) is 34.8. The molecule has 0 bridgehead atoms. The van der Waals surface area contributed by atoms with Crippen molar-refractivity contribution in [2.75, 3.05) is 0 Å². The minimum atomic E-state index is -4.43. The van der Waals surface area contributed by atoms with E-state index in [9.17, 15) is 13.2 Å². The normalized spacial score (nSPS) is 12.8. The summed E-state index contributed by atoms with van der Waals surface area (Å²) in [5.41, 5.74) is 6.02. The van der Waals surface area contributed by atoms with Gasteiger partial charge in [-0.05, 0) is 80.4 Å². The lowest BCUT2D eigenvalue weighted by molar-refractivity contribution is -0.137. The molecule has 4 heterocycles. The quantitative estimate of drug-likeness (QED) is 0.176. The summed E-state index contributed by atoms with van der Waals surface area (Å²) >= 11 is 0. The van der Waals surface area contributed by atoms with Gasteiger partial charge in [-0.15, -0.1) is 0 Å². The van der Waals surface area contributed by atoms with Crippen LogP contribution in [0.2, 0.25) is 0 Å². The first-order chi connectivity index (χ1) is 23.3. The van der Waals surface area contributed by atoms with Crippen molar-refractivity contribution in [1.82, 2.24) is 29.5 Å². The molecule has 6 nitrogen and oxygen atoms in total. The Labute approximate surface area is 292 Å². The monoisotopic (exact) mass is 676 g/mol. The first-order valence-electron chi connectivity index (χ1n) is 16.7. The highest BCUT2D eigenvalue weighted by Gasteiger charge is 2.32. The van der Waals surface area contributed by atoms with Crippen LogP contribution in [0, 0.1) is 6.92 Å². The van der Waals surface area contributed by atoms with Crippen molar-refractivity contribution in [2.24, 2.45) is 0 Å². The molecule has 0 amide bonds. The number of hydrogen-bond donors (Lipinski definition) is 0. The molecule has 50 heavy (non-hydrogen) atoms. The SMILES string of the molecule is Cc1ccc(-c2ccc(C(C)(C)c3ccc(-c4ccc(C(F)(F)F)cc4)c(-n4ccc(C(C)(C)C)n4)n3)nc2-n2ccc(C(C)(C)C)n2)cc1. The maximum atomic E-state index is 13.4. The van der Waals surface area contributed by atoms with Crippen LogP contribution in [0.4, 0.5) is 13.2 Å². The number of nitrogens with zero attached hydrogens (tertiary/aromatic N) is 6. The molecule has 0 spiro atoms. The Morgan fingerprint density at radius 1 is 0.480 bits per heavy atom. The maximum absolute atomic E-state index is 13.4. The van der Waals surface area contributed by atoms with E-state index in [1.807, 2.05) is 47.4 Å². The molecule has 0 saturated heterocycles. The van der Waals surface area contributed by atoms with Crippen LogP contribution >= 0.6 is 0 Å². The Hall–Kier alpha value is -5.05. The van der Waals surface area contributed by atoms with Gasteiger partial charge in [0.15, 0.2) is 11.6 Å². The third kappa shape index (κ3) is 6.86. The summed E-state index contributed by atoms with van der Waals surface area (Å²) in [5.74, 6) is 1.22. The van der Waals surface area contributed by atoms with Gasteiger partial charge >= 0.3 is 6.18 Å². The molecule has 0 radical (unpaired) electrons. The minimum absolute atomic E-state index is 0.138. The van der Waals surface area contributed by atoms with Gasteiger partial charge in [0.1, 0.15) is 0 Å². The van der Waals surface area contributed by atoms with E-state index in [4.69, 9.17) is 20.2 Å². The van der Waals surface area contributed by atoms with E-state index in [1.165, 1.54) is 17.7 Å². The zero-order valence-electron chi connectivity index (χ0n) is 30.1. The molecule has 4 aromatic heterocycles. The zero-order valence-corrected chi connectivity index (χ0v) is 30.1. The average Bonchev–Trinajstić information content (AvgIpc) is 3.76. The fraction of sp³-hybridized carbons (Fsp3) is 0.317. The topological polar surface area (TPSA) is 61.4 Å². The predicted octanol–water partition coefficient (Wildman–Crippen LogP) is 10.4. The van der Waals surface area contributed by atoms with Gasteiger partial charge in [0, 0.05) is 39.8 Å². The second kappa shape index (κ2) is 12.4. The number of aromatic nitrogens is 6. The summed E-state index contributed by atoms with van der Waals surface area (Å²) < 4.78 is 43.8. The fourth-order valence-corrected chi connectivity index (χ4v) is 5.78. The van der Waals surface area contributed by atoms with Crippen LogP contribution in [0.5, 0.6) is 0 Å². The number of benzene rings is 2. The summed E-state index contributed by atoms with van der Waals surface area (Å²) in [6, 6.07) is 25.5. The lowest BCUT2D eigenvalue weighted by Crippen LogP contribution is -2.24. The van der Waals surface area contributed by atoms with Gasteiger partial charge in [-0.1, -0.05) is 83.5 Å². The van der Waals surface area contributed by atoms with Crippen molar-refractivity contribution in [1.29, 1.82) is 0 Å². The highest BCUT2D eigenvalue weighted by Crippen LogP contribution is 2.37. The number of halogens is 3. The Morgan fingerprint density at radius 2 is 0.880 bits per heavy atom. The van der Waals surface area contributed by atoms with Gasteiger partial charge in [0.25, 0.3) is 0 Å². The van der Waals surface area contributed by atoms with Crippen LogP contribution in [-0.4, -0.2) is 29.5 Å². The lowest BCUT2D eigenvalue weighted by Gasteiger charge is -2.26. The van der Waals surface area contributed by atoms with Gasteiger partial charge in [-0.25, -0.2) is 19.3 Å². The molecular weight excluding hydrogens is 633 g/mol. The van der Waals surface area contributed by atoms with Gasteiger partial charge in [0.05, 0.1) is 28.3 Å². The average molecular weight is 677 g/mol. The van der Waals surface area contributed by atoms with E-state index in [1.54, 1.807) is 4.68 Å². The van der Waals surface area contributed by atoms with E-state index in [0.717, 1.165) is 46.0 Å². The van der Waals surface area contributed by atoms with Crippen molar-refractivity contribution in [3.63, 3.8) is 0 Å². The van der Waals surface area contributed by atoms with E-state index in [2.05, 4.69) is 92.6 Å². The molecule has 0 aliphatic heterocycles. The van der Waals surface area contributed by atoms with Crippen LogP contribution in [-0.2, 0) is 22.4 Å². The van der Waals surface area contributed by atoms with Crippen LogP contribution in [0.25, 0.3) is 33.9 Å². The number of aryl methyl sites for hydroxylation is 1. The number of rotatable bonds is 6. The third-order valence-corrected chi connectivity index (χ3v) is 9.07. The Bertz CT molecular complexity index is 2140. The lowest BCUT2D eigenvalue weighted by atomic mass is 9.83. The van der Waals surface area contributed by atoms with Gasteiger partial charge in [-0.3, -0.25) is 0 Å². The molecule has 0 unspecified atom stereocenters.